The van der Waals surface area contributed by atoms with Crippen molar-refractivity contribution >= 4 is 12.0 Å². The third-order valence-corrected chi connectivity index (χ3v) is 9.10. The molecule has 1 aliphatic rings. The number of ether oxygens (including phenoxy) is 2. The molecule has 0 aromatic heterocycles. The van der Waals surface area contributed by atoms with E-state index >= 15 is 0 Å². The lowest BCUT2D eigenvalue weighted by Crippen LogP contribution is -2.45. The number of likely N-dealkylation sites (tertiary alicyclic amines) is 1. The Balaban J connectivity index is 1.19. The Morgan fingerprint density at radius 2 is 1.37 bits per heavy atom. The molecule has 240 valence electrons. The van der Waals surface area contributed by atoms with E-state index in [0.717, 1.165) is 67.8 Å². The van der Waals surface area contributed by atoms with E-state index in [9.17, 15) is 9.59 Å². The Morgan fingerprint density at radius 1 is 0.783 bits per heavy atom. The summed E-state index contributed by atoms with van der Waals surface area (Å²) in [7, 11) is 1.70. The predicted octanol–water partition coefficient (Wildman–Crippen LogP) is 6.68. The number of benzene rings is 4. The number of amides is 2. The number of hydrogen-bond donors (Lipinski definition) is 2. The van der Waals surface area contributed by atoms with Gasteiger partial charge >= 0.3 is 6.09 Å². The molecular formula is C39H45N3O4. The fraction of sp³-hybridized carbons (Fsp3) is 0.333. The average Bonchev–Trinajstić information content (AvgIpc) is 3.13. The van der Waals surface area contributed by atoms with Gasteiger partial charge in [0.15, 0.2) is 0 Å². The van der Waals surface area contributed by atoms with Gasteiger partial charge in [-0.25, -0.2) is 4.79 Å². The number of carbonyl (C=O) groups excluding carboxylic acids is 2. The van der Waals surface area contributed by atoms with Crippen LogP contribution in [0.3, 0.4) is 0 Å². The highest BCUT2D eigenvalue weighted by Crippen LogP contribution is 2.37. The molecule has 5 rings (SSSR count). The third-order valence-electron chi connectivity index (χ3n) is 9.10. The maximum atomic E-state index is 13.0. The van der Waals surface area contributed by atoms with Crippen molar-refractivity contribution < 1.29 is 19.1 Å². The van der Waals surface area contributed by atoms with Gasteiger partial charge in [0.05, 0.1) is 13.7 Å². The molecule has 4 aromatic carbocycles. The molecular weight excluding hydrogens is 574 g/mol. The number of nitrogens with zero attached hydrogens (tertiary/aromatic N) is 1. The molecule has 1 saturated heterocycles. The molecule has 7 nitrogen and oxygen atoms in total. The lowest BCUT2D eigenvalue weighted by molar-refractivity contribution is -0.120. The zero-order chi connectivity index (χ0) is 32.0. The van der Waals surface area contributed by atoms with Crippen LogP contribution in [0, 0.1) is 0 Å². The van der Waals surface area contributed by atoms with Crippen LogP contribution in [-0.4, -0.2) is 56.7 Å². The molecule has 1 aliphatic heterocycles. The lowest BCUT2D eigenvalue weighted by Gasteiger charge is -2.37. The Hall–Kier alpha value is -4.62. The molecule has 2 N–H and O–H groups in total. The standard InChI is InChI=1S/C39H45N3O4/c1-45-36-20-18-32(19-21-36)33-22-26-42(27-23-33)25-11-24-39(34-14-7-3-8-15-34,35-16-9-4-10-17-35)30-41-37(43)28-40-38(44)46-29-31-12-5-2-6-13-31/h2-10,12-21,33H,11,22-30H2,1H3,(H,40,44)(H,41,43). The van der Waals surface area contributed by atoms with Crippen LogP contribution < -0.4 is 15.4 Å². The maximum Gasteiger partial charge on any atom is 0.407 e. The average molecular weight is 620 g/mol. The molecule has 0 bridgehead atoms. The topological polar surface area (TPSA) is 79.9 Å². The van der Waals surface area contributed by atoms with E-state index in [2.05, 4.69) is 88.3 Å². The fourth-order valence-corrected chi connectivity index (χ4v) is 6.47. The Morgan fingerprint density at radius 3 is 1.96 bits per heavy atom. The second-order valence-corrected chi connectivity index (χ2v) is 12.0. The van der Waals surface area contributed by atoms with E-state index in [-0.39, 0.29) is 19.1 Å². The Bertz CT molecular complexity index is 1450. The van der Waals surface area contributed by atoms with Gasteiger partial charge in [-0.3, -0.25) is 4.79 Å². The number of piperidine rings is 1. The van der Waals surface area contributed by atoms with Crippen LogP contribution in [-0.2, 0) is 21.6 Å². The van der Waals surface area contributed by atoms with Crippen LogP contribution in [0.25, 0.3) is 0 Å². The van der Waals surface area contributed by atoms with Gasteiger partial charge in [0.25, 0.3) is 0 Å². The van der Waals surface area contributed by atoms with Crippen molar-refractivity contribution in [1.82, 2.24) is 15.5 Å². The smallest absolute Gasteiger partial charge is 0.407 e. The van der Waals surface area contributed by atoms with E-state index in [0.29, 0.717) is 12.5 Å². The number of alkyl carbamates (subject to hydrolysis) is 1. The molecule has 4 aromatic rings. The maximum absolute atomic E-state index is 13.0. The third kappa shape index (κ3) is 8.98. The van der Waals surface area contributed by atoms with Gasteiger partial charge in [-0.15, -0.1) is 0 Å². The second-order valence-electron chi connectivity index (χ2n) is 12.0. The molecule has 0 atom stereocenters. The second kappa shape index (κ2) is 16.6. The highest BCUT2D eigenvalue weighted by molar-refractivity contribution is 5.82. The number of hydrogen-bond acceptors (Lipinski definition) is 5. The van der Waals surface area contributed by atoms with Crippen molar-refractivity contribution in [3.8, 4) is 5.75 Å². The van der Waals surface area contributed by atoms with Crippen molar-refractivity contribution in [2.75, 3.05) is 39.8 Å². The monoisotopic (exact) mass is 619 g/mol. The van der Waals surface area contributed by atoms with Gasteiger partial charge < -0.3 is 25.0 Å². The normalized spacial score (nSPS) is 13.9. The summed E-state index contributed by atoms with van der Waals surface area (Å²) < 4.78 is 10.6. The van der Waals surface area contributed by atoms with E-state index in [4.69, 9.17) is 9.47 Å². The van der Waals surface area contributed by atoms with Crippen LogP contribution in [0.2, 0.25) is 0 Å². The van der Waals surface area contributed by atoms with E-state index < -0.39 is 11.5 Å². The molecule has 1 heterocycles. The van der Waals surface area contributed by atoms with Crippen LogP contribution >= 0.6 is 0 Å². The minimum Gasteiger partial charge on any atom is -0.497 e. The van der Waals surface area contributed by atoms with E-state index in [1.54, 1.807) is 7.11 Å². The zero-order valence-corrected chi connectivity index (χ0v) is 26.7. The highest BCUT2D eigenvalue weighted by Gasteiger charge is 2.34. The molecule has 0 aliphatic carbocycles. The molecule has 7 heteroatoms. The van der Waals surface area contributed by atoms with Crippen molar-refractivity contribution in [3.63, 3.8) is 0 Å². The summed E-state index contributed by atoms with van der Waals surface area (Å²) in [5.74, 6) is 1.22. The summed E-state index contributed by atoms with van der Waals surface area (Å²) in [6.45, 7) is 3.56. The minimum absolute atomic E-state index is 0.151. The molecule has 46 heavy (non-hydrogen) atoms. The van der Waals surface area contributed by atoms with Gasteiger partial charge in [-0.05, 0) is 85.6 Å². The Kier molecular flexibility index (Phi) is 11.8. The molecule has 0 saturated carbocycles. The van der Waals surface area contributed by atoms with Crippen LogP contribution in [0.15, 0.2) is 115 Å². The minimum atomic E-state index is -0.618. The van der Waals surface area contributed by atoms with Gasteiger partial charge in [-0.2, -0.15) is 0 Å². The number of carbonyl (C=O) groups is 2. The first-order chi connectivity index (χ1) is 22.6. The van der Waals surface area contributed by atoms with E-state index in [1.165, 1.54) is 5.56 Å². The first-order valence-electron chi connectivity index (χ1n) is 16.2. The molecule has 0 spiro atoms. The summed E-state index contributed by atoms with van der Waals surface area (Å²) in [6.07, 6.45) is 3.52. The largest absolute Gasteiger partial charge is 0.497 e. The summed E-state index contributed by atoms with van der Waals surface area (Å²) in [4.78, 5) is 27.9. The van der Waals surface area contributed by atoms with Crippen LogP contribution in [0.5, 0.6) is 5.75 Å². The lowest BCUT2D eigenvalue weighted by atomic mass is 9.71. The zero-order valence-electron chi connectivity index (χ0n) is 26.7. The van der Waals surface area contributed by atoms with Crippen LogP contribution in [0.1, 0.15) is 53.9 Å². The summed E-state index contributed by atoms with van der Waals surface area (Å²) in [5, 5.41) is 5.73. The fourth-order valence-electron chi connectivity index (χ4n) is 6.47. The number of methoxy groups -OCH3 is 1. The first kappa shape index (κ1) is 32.8. The van der Waals surface area contributed by atoms with Gasteiger partial charge in [0.1, 0.15) is 12.4 Å². The number of nitrogens with one attached hydrogen (secondary N) is 2. The summed E-state index contributed by atoms with van der Waals surface area (Å²) in [5.41, 5.74) is 4.18. The molecule has 1 fully saturated rings. The molecule has 0 unspecified atom stereocenters. The van der Waals surface area contributed by atoms with Crippen LogP contribution in [0.4, 0.5) is 4.79 Å². The first-order valence-corrected chi connectivity index (χ1v) is 16.2. The van der Waals surface area contributed by atoms with E-state index in [1.807, 2.05) is 42.5 Å². The molecule has 2 amide bonds. The summed E-state index contributed by atoms with van der Waals surface area (Å²) >= 11 is 0. The summed E-state index contributed by atoms with van der Waals surface area (Å²) in [6, 6.07) is 38.9. The van der Waals surface area contributed by atoms with Crippen molar-refractivity contribution in [1.29, 1.82) is 0 Å². The quantitative estimate of drug-likeness (QED) is 0.165. The van der Waals surface area contributed by atoms with Gasteiger partial charge in [0, 0.05) is 12.0 Å². The molecule has 0 radical (unpaired) electrons. The Labute approximate surface area is 272 Å². The van der Waals surface area contributed by atoms with Crippen molar-refractivity contribution in [2.24, 2.45) is 0 Å². The predicted molar refractivity (Wildman–Crippen MR) is 182 cm³/mol. The van der Waals surface area contributed by atoms with Gasteiger partial charge in [-0.1, -0.05) is 103 Å². The SMILES string of the molecule is COc1ccc(C2CCN(CCCC(CNC(=O)CNC(=O)OCc3ccccc3)(c3ccccc3)c3ccccc3)CC2)cc1. The van der Waals surface area contributed by atoms with Crippen molar-refractivity contribution in [2.45, 2.75) is 43.6 Å². The van der Waals surface area contributed by atoms with Gasteiger partial charge in [0.2, 0.25) is 5.91 Å². The number of rotatable bonds is 14. The highest BCUT2D eigenvalue weighted by atomic mass is 16.5. The van der Waals surface area contributed by atoms with Crippen molar-refractivity contribution in [3.05, 3.63) is 138 Å².